The van der Waals surface area contributed by atoms with Gasteiger partial charge in [-0.25, -0.2) is 0 Å². The van der Waals surface area contributed by atoms with Crippen molar-refractivity contribution >= 4 is 15.9 Å². The third kappa shape index (κ3) is 6.43. The number of benzene rings is 4. The van der Waals surface area contributed by atoms with Gasteiger partial charge in [-0.15, -0.1) is 0 Å². The van der Waals surface area contributed by atoms with Gasteiger partial charge in [-0.05, 0) is 66.3 Å². The van der Waals surface area contributed by atoms with Crippen LogP contribution in [0.3, 0.4) is 0 Å². The summed E-state index contributed by atoms with van der Waals surface area (Å²) in [6.45, 7) is 10.4. The van der Waals surface area contributed by atoms with E-state index in [9.17, 15) is 0 Å². The maximum absolute atomic E-state index is 3.70. The molecule has 0 amide bonds. The monoisotopic (exact) mass is 458 g/mol. The molecule has 0 aliphatic heterocycles. The Bertz CT molecular complexity index is 1010. The lowest BCUT2D eigenvalue weighted by atomic mass is 9.93. The van der Waals surface area contributed by atoms with Crippen LogP contribution in [-0.4, -0.2) is 0 Å². The van der Waals surface area contributed by atoms with Crippen LogP contribution in [-0.2, 0) is 0 Å². The van der Waals surface area contributed by atoms with Gasteiger partial charge < -0.3 is 0 Å². The van der Waals surface area contributed by atoms with Gasteiger partial charge >= 0.3 is 0 Å². The van der Waals surface area contributed by atoms with Crippen LogP contribution in [0.25, 0.3) is 22.3 Å². The van der Waals surface area contributed by atoms with Gasteiger partial charge in [-0.2, -0.15) is 0 Å². The number of rotatable bonds is 2. The highest BCUT2D eigenvalue weighted by molar-refractivity contribution is 9.10. The summed E-state index contributed by atoms with van der Waals surface area (Å²) >= 11 is 3.70. The van der Waals surface area contributed by atoms with E-state index in [-0.39, 0.29) is 0 Å². The van der Waals surface area contributed by atoms with Crippen LogP contribution in [0.15, 0.2) is 102 Å². The number of hydrogen-bond donors (Lipinski definition) is 0. The fourth-order valence-corrected chi connectivity index (χ4v) is 3.89. The van der Waals surface area contributed by atoms with Crippen molar-refractivity contribution in [1.29, 1.82) is 0 Å². The molecule has 0 atom stereocenters. The molecule has 0 bridgehead atoms. The van der Waals surface area contributed by atoms with Gasteiger partial charge in [0.1, 0.15) is 0 Å². The average molecular weight is 459 g/mol. The molecule has 4 aromatic carbocycles. The predicted molar refractivity (Wildman–Crippen MR) is 137 cm³/mol. The quantitative estimate of drug-likeness (QED) is 0.280. The zero-order chi connectivity index (χ0) is 21.9. The molecule has 0 radical (unpaired) electrons. The van der Waals surface area contributed by atoms with Crippen molar-refractivity contribution < 1.29 is 0 Å². The van der Waals surface area contributed by atoms with Crippen LogP contribution in [0.5, 0.6) is 0 Å². The Morgan fingerprint density at radius 1 is 0.533 bits per heavy atom. The predicted octanol–water partition coefficient (Wildman–Crippen LogP) is 9.42. The first-order chi connectivity index (χ1) is 14.6. The lowest BCUT2D eigenvalue weighted by Crippen LogP contribution is -1.90. The van der Waals surface area contributed by atoms with Crippen molar-refractivity contribution in [2.24, 2.45) is 0 Å². The normalized spacial score (nSPS) is 9.67. The molecular weight excluding hydrogens is 428 g/mol. The maximum Gasteiger partial charge on any atom is 0.0256 e. The molecule has 0 N–H and O–H groups in total. The number of hydrogen-bond acceptors (Lipinski definition) is 0. The Kier molecular flexibility index (Phi) is 9.57. The molecule has 0 aliphatic carbocycles. The Morgan fingerprint density at radius 2 is 1.13 bits per heavy atom. The maximum atomic E-state index is 3.70. The molecule has 0 saturated carbocycles. The van der Waals surface area contributed by atoms with E-state index in [1.54, 1.807) is 0 Å². The average Bonchev–Trinajstić information content (AvgIpc) is 2.78. The van der Waals surface area contributed by atoms with Crippen LogP contribution in [0.4, 0.5) is 0 Å². The molecule has 0 fully saturated rings. The minimum Gasteiger partial charge on any atom is -0.0683 e. The zero-order valence-corrected chi connectivity index (χ0v) is 20.2. The summed E-state index contributed by atoms with van der Waals surface area (Å²) in [5.74, 6) is 0. The van der Waals surface area contributed by atoms with E-state index in [1.165, 1.54) is 38.9 Å². The van der Waals surface area contributed by atoms with Gasteiger partial charge in [0.2, 0.25) is 0 Å². The Labute approximate surface area is 190 Å². The third-order valence-corrected chi connectivity index (χ3v) is 5.44. The van der Waals surface area contributed by atoms with Crippen LogP contribution in [0.2, 0.25) is 0 Å². The molecule has 4 aromatic rings. The van der Waals surface area contributed by atoms with E-state index >= 15 is 0 Å². The highest BCUT2D eigenvalue weighted by Gasteiger charge is 2.10. The summed E-state index contributed by atoms with van der Waals surface area (Å²) in [6.07, 6.45) is 0. The van der Waals surface area contributed by atoms with E-state index in [2.05, 4.69) is 116 Å². The van der Waals surface area contributed by atoms with Gasteiger partial charge in [0.05, 0.1) is 0 Å². The minimum absolute atomic E-state index is 1.15. The van der Waals surface area contributed by atoms with Crippen molar-refractivity contribution in [3.63, 3.8) is 0 Å². The molecule has 1 heteroatoms. The summed E-state index contributed by atoms with van der Waals surface area (Å²) in [6, 6.07) is 33.8. The summed E-state index contributed by atoms with van der Waals surface area (Å²) in [5.41, 5.74) is 8.99. The van der Waals surface area contributed by atoms with Crippen molar-refractivity contribution in [2.45, 2.75) is 34.6 Å². The zero-order valence-electron chi connectivity index (χ0n) is 18.6. The summed E-state index contributed by atoms with van der Waals surface area (Å²) in [5, 5.41) is 0. The minimum atomic E-state index is 1.15. The molecule has 0 saturated heterocycles. The fraction of sp³-hybridized carbons (Fsp3) is 0.172. The van der Waals surface area contributed by atoms with Crippen molar-refractivity contribution in [3.8, 4) is 22.3 Å². The second kappa shape index (κ2) is 12.1. The molecule has 0 nitrogen and oxygen atoms in total. The molecule has 30 heavy (non-hydrogen) atoms. The first-order valence-electron chi connectivity index (χ1n) is 10.5. The fourth-order valence-electron chi connectivity index (χ4n) is 3.21. The Morgan fingerprint density at radius 3 is 1.67 bits per heavy atom. The third-order valence-electron chi connectivity index (χ3n) is 4.78. The standard InChI is InChI=1S/C20H17Br.C7H8.C2H6/c1-14-11-12-17(16-8-4-3-5-9-16)13-18(14)20-15(2)7-6-10-19(20)21;1-7-5-3-2-4-6-7;1-2/h3-13H,1-2H3;2-6H,1H3;1-2H3. The van der Waals surface area contributed by atoms with Crippen molar-refractivity contribution in [3.05, 3.63) is 118 Å². The highest BCUT2D eigenvalue weighted by Crippen LogP contribution is 2.35. The van der Waals surface area contributed by atoms with E-state index in [0.29, 0.717) is 0 Å². The SMILES string of the molecule is CC.Cc1ccc(-c2ccccc2)cc1-c1c(C)cccc1Br.Cc1ccccc1. The molecule has 0 spiro atoms. The van der Waals surface area contributed by atoms with Gasteiger partial charge in [0.15, 0.2) is 0 Å². The summed E-state index contributed by atoms with van der Waals surface area (Å²) in [4.78, 5) is 0. The van der Waals surface area contributed by atoms with Crippen LogP contribution < -0.4 is 0 Å². The molecule has 0 aliphatic rings. The first-order valence-corrected chi connectivity index (χ1v) is 11.3. The van der Waals surface area contributed by atoms with Crippen LogP contribution in [0.1, 0.15) is 30.5 Å². The van der Waals surface area contributed by atoms with Gasteiger partial charge in [0, 0.05) is 4.47 Å². The smallest absolute Gasteiger partial charge is 0.0256 e. The second-order valence-corrected chi connectivity index (χ2v) is 7.84. The van der Waals surface area contributed by atoms with E-state index < -0.39 is 0 Å². The first kappa shape index (κ1) is 23.6. The van der Waals surface area contributed by atoms with Gasteiger partial charge in [-0.1, -0.05) is 120 Å². The molecule has 0 unspecified atom stereocenters. The van der Waals surface area contributed by atoms with Gasteiger partial charge in [0.25, 0.3) is 0 Å². The summed E-state index contributed by atoms with van der Waals surface area (Å²) < 4.78 is 1.15. The Hall–Kier alpha value is -2.64. The molecule has 154 valence electrons. The topological polar surface area (TPSA) is 0 Å². The second-order valence-electron chi connectivity index (χ2n) is 6.98. The van der Waals surface area contributed by atoms with Crippen molar-refractivity contribution in [2.75, 3.05) is 0 Å². The lowest BCUT2D eigenvalue weighted by Gasteiger charge is -2.13. The summed E-state index contributed by atoms with van der Waals surface area (Å²) in [7, 11) is 0. The molecule has 0 aromatic heterocycles. The lowest BCUT2D eigenvalue weighted by molar-refractivity contribution is 1.39. The van der Waals surface area contributed by atoms with E-state index in [1.807, 2.05) is 32.0 Å². The van der Waals surface area contributed by atoms with E-state index in [0.717, 1.165) is 4.47 Å². The van der Waals surface area contributed by atoms with Crippen LogP contribution in [0, 0.1) is 20.8 Å². The molecule has 0 heterocycles. The highest BCUT2D eigenvalue weighted by atomic mass is 79.9. The molecule has 4 rings (SSSR count). The Balaban J connectivity index is 0.000000299. The number of halogens is 1. The van der Waals surface area contributed by atoms with Gasteiger partial charge in [-0.3, -0.25) is 0 Å². The van der Waals surface area contributed by atoms with E-state index in [4.69, 9.17) is 0 Å². The number of aryl methyl sites for hydroxylation is 3. The van der Waals surface area contributed by atoms with Crippen LogP contribution >= 0.6 is 15.9 Å². The molecular formula is C29H31Br. The largest absolute Gasteiger partial charge is 0.0683 e. The van der Waals surface area contributed by atoms with Crippen molar-refractivity contribution in [1.82, 2.24) is 0 Å².